The number of aromatic nitrogens is 3. The van der Waals surface area contributed by atoms with E-state index in [9.17, 15) is 0 Å². The van der Waals surface area contributed by atoms with Crippen LogP contribution in [0.15, 0.2) is 97.3 Å². The summed E-state index contributed by atoms with van der Waals surface area (Å²) in [5, 5.41) is 2.26. The van der Waals surface area contributed by atoms with Gasteiger partial charge in [-0.25, -0.2) is 21.1 Å². The molecule has 0 saturated carbocycles. The van der Waals surface area contributed by atoms with Crippen molar-refractivity contribution in [1.82, 2.24) is 14.5 Å². The fourth-order valence-electron chi connectivity index (χ4n) is 4.35. The van der Waals surface area contributed by atoms with Crippen LogP contribution in [-0.4, -0.2) is 20.6 Å². The summed E-state index contributed by atoms with van der Waals surface area (Å²) in [4.78, 5) is 8.90. The van der Waals surface area contributed by atoms with Gasteiger partial charge in [0.05, 0.1) is 6.10 Å². The number of rotatable bonds is 6. The summed E-state index contributed by atoms with van der Waals surface area (Å²) in [6.07, 6.45) is 3.52. The summed E-state index contributed by atoms with van der Waals surface area (Å²) < 4.78 is 14.2. The maximum atomic E-state index is 6.03. The first-order valence-electron chi connectivity index (χ1n) is 11.9. The first-order valence-corrected chi connectivity index (χ1v) is 11.9. The number of fused-ring (bicyclic) bond motifs is 3. The molecule has 6 rings (SSSR count). The van der Waals surface area contributed by atoms with Gasteiger partial charge in [-0.15, -0.1) is 18.2 Å². The van der Waals surface area contributed by atoms with Crippen LogP contribution in [0.25, 0.3) is 38.8 Å². The molecule has 5 nitrogen and oxygen atoms in total. The van der Waals surface area contributed by atoms with Crippen molar-refractivity contribution < 1.29 is 30.5 Å². The number of hydrogen-bond acceptors (Lipinski definition) is 4. The molecule has 0 radical (unpaired) electrons. The van der Waals surface area contributed by atoms with Gasteiger partial charge in [0.1, 0.15) is 5.82 Å². The molecule has 3 aromatic carbocycles. The Hall–Kier alpha value is -3.95. The predicted molar refractivity (Wildman–Crippen MR) is 142 cm³/mol. The fourth-order valence-corrected chi connectivity index (χ4v) is 4.35. The van der Waals surface area contributed by atoms with Crippen LogP contribution in [0.4, 0.5) is 0 Å². The molecule has 37 heavy (non-hydrogen) atoms. The third-order valence-corrected chi connectivity index (χ3v) is 5.79. The predicted octanol–water partition coefficient (Wildman–Crippen LogP) is 7.42. The SMILES string of the molecule is CC(C)Oc1cc(Oc2ccccn2)[c-]c(-c2[c-]c3c(cc2)c2ccccc2n3-c2ccccn2)c1.[Pt+2]. The van der Waals surface area contributed by atoms with Crippen LogP contribution in [-0.2, 0) is 21.1 Å². The Kier molecular flexibility index (Phi) is 7.07. The summed E-state index contributed by atoms with van der Waals surface area (Å²) in [5.41, 5.74) is 3.73. The third-order valence-electron chi connectivity index (χ3n) is 5.79. The van der Waals surface area contributed by atoms with Crippen LogP contribution in [0.3, 0.4) is 0 Å². The monoisotopic (exact) mass is 664 g/mol. The molecule has 6 aromatic rings. The number of ether oxygens (including phenoxy) is 2. The summed E-state index contributed by atoms with van der Waals surface area (Å²) in [6.45, 7) is 4.00. The van der Waals surface area contributed by atoms with Crippen molar-refractivity contribution >= 4 is 21.8 Å². The third kappa shape index (κ3) is 5.00. The topological polar surface area (TPSA) is 49.2 Å². The van der Waals surface area contributed by atoms with Gasteiger partial charge >= 0.3 is 21.1 Å². The van der Waals surface area contributed by atoms with Gasteiger partial charge in [0.2, 0.25) is 5.88 Å². The number of nitrogens with zero attached hydrogens (tertiary/aromatic N) is 3. The standard InChI is InChI=1S/C31H23N3O2.Pt/c1-21(2)35-24-17-23(18-25(20-24)36-31-12-6-8-16-33-31)22-13-14-27-26-9-3-4-10-28(26)34(29(27)19-22)30-11-5-7-15-32-30;/h3-17,20-21H,1-2H3;/q-2;+2. The molecule has 0 atom stereocenters. The summed E-state index contributed by atoms with van der Waals surface area (Å²) in [5.74, 6) is 2.57. The first kappa shape index (κ1) is 24.7. The van der Waals surface area contributed by atoms with Crippen molar-refractivity contribution in [3.8, 4) is 34.3 Å². The Morgan fingerprint density at radius 3 is 2.30 bits per heavy atom. The molecule has 0 aliphatic carbocycles. The summed E-state index contributed by atoms with van der Waals surface area (Å²) in [6, 6.07) is 34.8. The minimum absolute atomic E-state index is 0. The minimum atomic E-state index is 0. The normalized spacial score (nSPS) is 11.0. The molecule has 0 aliphatic rings. The Bertz CT molecular complexity index is 1660. The van der Waals surface area contributed by atoms with Crippen molar-refractivity contribution in [1.29, 1.82) is 0 Å². The van der Waals surface area contributed by atoms with Gasteiger partial charge in [0.25, 0.3) is 0 Å². The van der Waals surface area contributed by atoms with E-state index in [0.717, 1.165) is 38.8 Å². The molecule has 0 aliphatic heterocycles. The van der Waals surface area contributed by atoms with E-state index in [1.165, 1.54) is 0 Å². The van der Waals surface area contributed by atoms with Crippen molar-refractivity contribution in [2.75, 3.05) is 0 Å². The molecule has 3 aromatic heterocycles. The molecule has 0 amide bonds. The van der Waals surface area contributed by atoms with E-state index in [1.807, 2.05) is 74.6 Å². The van der Waals surface area contributed by atoms with Crippen LogP contribution in [0.5, 0.6) is 17.4 Å². The van der Waals surface area contributed by atoms with E-state index in [2.05, 4.69) is 57.0 Å². The van der Waals surface area contributed by atoms with Crippen molar-refractivity contribution in [2.45, 2.75) is 20.0 Å². The van der Waals surface area contributed by atoms with Gasteiger partial charge in [0.15, 0.2) is 0 Å². The smallest absolute Gasteiger partial charge is 0.511 e. The molecule has 6 heteroatoms. The zero-order valence-corrected chi connectivity index (χ0v) is 22.6. The second kappa shape index (κ2) is 10.6. The minimum Gasteiger partial charge on any atom is -0.511 e. The number of para-hydroxylation sites is 1. The zero-order valence-electron chi connectivity index (χ0n) is 20.3. The van der Waals surface area contributed by atoms with Crippen LogP contribution in [0.1, 0.15) is 13.8 Å². The summed E-state index contributed by atoms with van der Waals surface area (Å²) in [7, 11) is 0. The van der Waals surface area contributed by atoms with Crippen LogP contribution < -0.4 is 9.47 Å². The molecule has 3 heterocycles. The van der Waals surface area contributed by atoms with E-state index in [4.69, 9.17) is 9.47 Å². The Morgan fingerprint density at radius 2 is 1.54 bits per heavy atom. The van der Waals surface area contributed by atoms with Gasteiger partial charge in [-0.05, 0) is 49.0 Å². The molecule has 0 bridgehead atoms. The Morgan fingerprint density at radius 1 is 0.757 bits per heavy atom. The van der Waals surface area contributed by atoms with E-state index in [-0.39, 0.29) is 27.2 Å². The van der Waals surface area contributed by atoms with E-state index in [1.54, 1.807) is 6.20 Å². The van der Waals surface area contributed by atoms with Gasteiger partial charge < -0.3 is 14.0 Å². The van der Waals surface area contributed by atoms with Gasteiger partial charge in [0, 0.05) is 35.5 Å². The number of pyridine rings is 2. The molecule has 0 N–H and O–H groups in total. The largest absolute Gasteiger partial charge is 2.00 e. The number of hydrogen-bond donors (Lipinski definition) is 0. The molecular weight excluding hydrogens is 641 g/mol. The molecule has 0 fully saturated rings. The summed E-state index contributed by atoms with van der Waals surface area (Å²) >= 11 is 0. The van der Waals surface area contributed by atoms with E-state index in [0.29, 0.717) is 17.4 Å². The van der Waals surface area contributed by atoms with Crippen molar-refractivity contribution in [3.63, 3.8) is 0 Å². The first-order chi connectivity index (χ1) is 17.7. The molecular formula is C31H23N3O2Pt. The Labute approximate surface area is 230 Å². The van der Waals surface area contributed by atoms with Gasteiger partial charge in [-0.3, -0.25) is 0 Å². The quantitative estimate of drug-likeness (QED) is 0.174. The van der Waals surface area contributed by atoms with Crippen LogP contribution in [0, 0.1) is 12.1 Å². The molecule has 0 saturated heterocycles. The number of benzene rings is 3. The fraction of sp³-hybridized carbons (Fsp3) is 0.0968. The van der Waals surface area contributed by atoms with E-state index >= 15 is 0 Å². The zero-order chi connectivity index (χ0) is 24.5. The van der Waals surface area contributed by atoms with E-state index < -0.39 is 0 Å². The molecule has 0 spiro atoms. The maximum absolute atomic E-state index is 6.03. The molecule has 0 unspecified atom stereocenters. The Balaban J connectivity index is 0.00000280. The second-order valence-corrected chi connectivity index (χ2v) is 8.71. The van der Waals surface area contributed by atoms with Crippen molar-refractivity contribution in [2.24, 2.45) is 0 Å². The molecule has 184 valence electrons. The van der Waals surface area contributed by atoms with Crippen molar-refractivity contribution in [3.05, 3.63) is 109 Å². The maximum Gasteiger partial charge on any atom is 2.00 e. The van der Waals surface area contributed by atoms with Gasteiger partial charge in [-0.1, -0.05) is 41.8 Å². The second-order valence-electron chi connectivity index (χ2n) is 8.71. The van der Waals surface area contributed by atoms with Gasteiger partial charge in [-0.2, -0.15) is 12.1 Å². The average Bonchev–Trinajstić information content (AvgIpc) is 3.23. The van der Waals surface area contributed by atoms with Crippen LogP contribution in [0.2, 0.25) is 0 Å². The average molecular weight is 665 g/mol. The van der Waals surface area contributed by atoms with Crippen LogP contribution >= 0.6 is 0 Å².